The summed E-state index contributed by atoms with van der Waals surface area (Å²) in [5, 5.41) is 0. The Hall–Kier alpha value is -1.02. The van der Waals surface area contributed by atoms with Gasteiger partial charge >= 0.3 is 0 Å². The van der Waals surface area contributed by atoms with Crippen molar-refractivity contribution in [3.63, 3.8) is 0 Å². The first kappa shape index (κ1) is 14.4. The molecule has 0 bridgehead atoms. The topological polar surface area (TPSA) is 29.3 Å². The van der Waals surface area contributed by atoms with E-state index in [0.29, 0.717) is 0 Å². The molecule has 1 atom stereocenters. The van der Waals surface area contributed by atoms with Gasteiger partial charge in [0, 0.05) is 24.8 Å². The number of anilines is 1. The summed E-state index contributed by atoms with van der Waals surface area (Å²) in [6.45, 7) is 4.33. The molecule has 1 aromatic rings. The Morgan fingerprint density at radius 2 is 2.00 bits per heavy atom. The maximum Gasteiger partial charge on any atom is 0.0399 e. The Morgan fingerprint density at radius 3 is 2.63 bits per heavy atom. The first-order chi connectivity index (χ1) is 9.11. The summed E-state index contributed by atoms with van der Waals surface area (Å²) < 4.78 is 0. The molecule has 2 nitrogen and oxygen atoms in total. The van der Waals surface area contributed by atoms with Crippen molar-refractivity contribution >= 4 is 5.69 Å². The molecule has 0 amide bonds. The molecule has 1 aliphatic carbocycles. The molecular formula is C17H28N2. The van der Waals surface area contributed by atoms with Gasteiger partial charge in [-0.2, -0.15) is 0 Å². The Morgan fingerprint density at radius 1 is 1.32 bits per heavy atom. The average molecular weight is 260 g/mol. The molecule has 1 aliphatic rings. The third kappa shape index (κ3) is 3.50. The fraction of sp³-hybridized carbons (Fsp3) is 0.647. The van der Waals surface area contributed by atoms with Crippen molar-refractivity contribution in [3.05, 3.63) is 29.3 Å². The van der Waals surface area contributed by atoms with Gasteiger partial charge < -0.3 is 10.6 Å². The molecule has 1 aromatic carbocycles. The lowest BCUT2D eigenvalue weighted by atomic mass is 9.99. The summed E-state index contributed by atoms with van der Waals surface area (Å²) >= 11 is 0. The summed E-state index contributed by atoms with van der Waals surface area (Å²) in [5.74, 6) is 0. The molecular weight excluding hydrogens is 232 g/mol. The van der Waals surface area contributed by atoms with E-state index < -0.39 is 0 Å². The maximum atomic E-state index is 6.16. The van der Waals surface area contributed by atoms with Gasteiger partial charge in [-0.05, 0) is 44.2 Å². The van der Waals surface area contributed by atoms with Gasteiger partial charge in [0.1, 0.15) is 0 Å². The van der Waals surface area contributed by atoms with E-state index in [4.69, 9.17) is 5.73 Å². The predicted octanol–water partition coefficient (Wildman–Crippen LogP) is 3.65. The third-order valence-corrected chi connectivity index (χ3v) is 4.49. The molecule has 1 fully saturated rings. The summed E-state index contributed by atoms with van der Waals surface area (Å²) in [5.41, 5.74) is 10.3. The minimum absolute atomic E-state index is 0.275. The number of rotatable bonds is 5. The quantitative estimate of drug-likeness (QED) is 0.875. The van der Waals surface area contributed by atoms with Crippen LogP contribution in [0.1, 0.15) is 50.2 Å². The lowest BCUT2D eigenvalue weighted by Gasteiger charge is -2.29. The molecule has 2 N–H and O–H groups in total. The van der Waals surface area contributed by atoms with E-state index in [1.165, 1.54) is 42.5 Å². The van der Waals surface area contributed by atoms with Gasteiger partial charge in [0.25, 0.3) is 0 Å². The SMILES string of the molecule is CCC(N)Cc1cc(C)ccc1N(C)C1CCCC1. The molecule has 0 heterocycles. The summed E-state index contributed by atoms with van der Waals surface area (Å²) in [6.07, 6.45) is 7.47. The number of nitrogens with two attached hydrogens (primary N) is 1. The van der Waals surface area contributed by atoms with Crippen LogP contribution in [0.5, 0.6) is 0 Å². The lowest BCUT2D eigenvalue weighted by molar-refractivity contribution is 0.629. The lowest BCUT2D eigenvalue weighted by Crippen LogP contribution is -2.31. The van der Waals surface area contributed by atoms with Crippen LogP contribution in [0.2, 0.25) is 0 Å². The maximum absolute atomic E-state index is 6.16. The molecule has 0 radical (unpaired) electrons. The van der Waals surface area contributed by atoms with Crippen LogP contribution >= 0.6 is 0 Å². The second-order valence-electron chi connectivity index (χ2n) is 6.05. The number of hydrogen-bond acceptors (Lipinski definition) is 2. The molecule has 106 valence electrons. The Balaban J connectivity index is 2.22. The van der Waals surface area contributed by atoms with Gasteiger partial charge in [0.2, 0.25) is 0 Å². The molecule has 19 heavy (non-hydrogen) atoms. The average Bonchev–Trinajstić information content (AvgIpc) is 2.92. The molecule has 1 unspecified atom stereocenters. The van der Waals surface area contributed by atoms with Crippen LogP contribution in [0.4, 0.5) is 5.69 Å². The normalized spacial score (nSPS) is 17.7. The van der Waals surface area contributed by atoms with E-state index >= 15 is 0 Å². The highest BCUT2D eigenvalue weighted by Crippen LogP contribution is 2.30. The van der Waals surface area contributed by atoms with E-state index in [2.05, 4.69) is 44.0 Å². The number of aryl methyl sites for hydroxylation is 1. The zero-order valence-electron chi connectivity index (χ0n) is 12.7. The van der Waals surface area contributed by atoms with Gasteiger partial charge in [-0.3, -0.25) is 0 Å². The van der Waals surface area contributed by atoms with Crippen molar-refractivity contribution in [1.82, 2.24) is 0 Å². The smallest absolute Gasteiger partial charge is 0.0399 e. The van der Waals surface area contributed by atoms with Crippen molar-refractivity contribution in [2.24, 2.45) is 5.73 Å². The summed E-state index contributed by atoms with van der Waals surface area (Å²) in [7, 11) is 2.25. The molecule has 0 saturated heterocycles. The van der Waals surface area contributed by atoms with Crippen molar-refractivity contribution in [2.45, 2.75) is 64.5 Å². The molecule has 1 saturated carbocycles. The zero-order valence-corrected chi connectivity index (χ0v) is 12.7. The van der Waals surface area contributed by atoms with E-state index in [9.17, 15) is 0 Å². The minimum Gasteiger partial charge on any atom is -0.371 e. The van der Waals surface area contributed by atoms with Crippen LogP contribution in [-0.4, -0.2) is 19.1 Å². The van der Waals surface area contributed by atoms with Crippen LogP contribution in [0, 0.1) is 6.92 Å². The van der Waals surface area contributed by atoms with E-state index in [-0.39, 0.29) is 6.04 Å². The zero-order chi connectivity index (χ0) is 13.8. The predicted molar refractivity (Wildman–Crippen MR) is 83.8 cm³/mol. The van der Waals surface area contributed by atoms with Crippen molar-refractivity contribution < 1.29 is 0 Å². The van der Waals surface area contributed by atoms with Crippen LogP contribution < -0.4 is 10.6 Å². The van der Waals surface area contributed by atoms with Gasteiger partial charge in [0.15, 0.2) is 0 Å². The van der Waals surface area contributed by atoms with Crippen LogP contribution in [0.15, 0.2) is 18.2 Å². The van der Waals surface area contributed by atoms with Crippen molar-refractivity contribution in [2.75, 3.05) is 11.9 Å². The fourth-order valence-corrected chi connectivity index (χ4v) is 3.14. The highest BCUT2D eigenvalue weighted by atomic mass is 15.1. The monoisotopic (exact) mass is 260 g/mol. The number of hydrogen-bond donors (Lipinski definition) is 1. The van der Waals surface area contributed by atoms with Crippen molar-refractivity contribution in [1.29, 1.82) is 0 Å². The third-order valence-electron chi connectivity index (χ3n) is 4.49. The highest BCUT2D eigenvalue weighted by Gasteiger charge is 2.21. The van der Waals surface area contributed by atoms with E-state index in [1.807, 2.05) is 0 Å². The minimum atomic E-state index is 0.275. The Bertz CT molecular complexity index is 408. The molecule has 0 spiro atoms. The van der Waals surface area contributed by atoms with Crippen LogP contribution in [0.25, 0.3) is 0 Å². The van der Waals surface area contributed by atoms with E-state index in [0.717, 1.165) is 18.9 Å². The van der Waals surface area contributed by atoms with Gasteiger partial charge in [-0.15, -0.1) is 0 Å². The summed E-state index contributed by atoms with van der Waals surface area (Å²) in [4.78, 5) is 2.49. The largest absolute Gasteiger partial charge is 0.371 e. The Kier molecular flexibility index (Phi) is 4.87. The van der Waals surface area contributed by atoms with Gasteiger partial charge in [-0.25, -0.2) is 0 Å². The van der Waals surface area contributed by atoms with Crippen LogP contribution in [-0.2, 0) is 6.42 Å². The fourth-order valence-electron chi connectivity index (χ4n) is 3.14. The van der Waals surface area contributed by atoms with E-state index in [1.54, 1.807) is 0 Å². The second-order valence-corrected chi connectivity index (χ2v) is 6.05. The van der Waals surface area contributed by atoms with Crippen molar-refractivity contribution in [3.8, 4) is 0 Å². The molecule has 2 rings (SSSR count). The molecule has 0 aliphatic heterocycles. The first-order valence-electron chi connectivity index (χ1n) is 7.69. The summed E-state index contributed by atoms with van der Waals surface area (Å²) in [6, 6.07) is 7.82. The number of nitrogens with zero attached hydrogens (tertiary/aromatic N) is 1. The van der Waals surface area contributed by atoms with Gasteiger partial charge in [0.05, 0.1) is 0 Å². The first-order valence-corrected chi connectivity index (χ1v) is 7.69. The molecule has 2 heteroatoms. The Labute approximate surface area is 118 Å². The van der Waals surface area contributed by atoms with Gasteiger partial charge in [-0.1, -0.05) is 37.5 Å². The number of benzene rings is 1. The molecule has 0 aromatic heterocycles. The highest BCUT2D eigenvalue weighted by molar-refractivity contribution is 5.55. The second kappa shape index (κ2) is 6.42. The van der Waals surface area contributed by atoms with Crippen LogP contribution in [0.3, 0.4) is 0 Å². The standard InChI is InChI=1S/C17H28N2/c1-4-15(18)12-14-11-13(2)9-10-17(14)19(3)16-7-5-6-8-16/h9-11,15-16H,4-8,12,18H2,1-3H3.